The topological polar surface area (TPSA) is 72.2 Å². The van der Waals surface area contributed by atoms with Gasteiger partial charge < -0.3 is 11.1 Å². The van der Waals surface area contributed by atoms with Crippen molar-refractivity contribution in [3.05, 3.63) is 70.3 Å². The van der Waals surface area contributed by atoms with Gasteiger partial charge >= 0.3 is 6.18 Å². The van der Waals surface area contributed by atoms with Gasteiger partial charge in [0.2, 0.25) is 5.91 Å². The van der Waals surface area contributed by atoms with E-state index < -0.39 is 29.6 Å². The van der Waals surface area contributed by atoms with Crippen molar-refractivity contribution in [2.24, 2.45) is 5.73 Å². The Morgan fingerprint density at radius 2 is 1.65 bits per heavy atom. The minimum absolute atomic E-state index is 0.165. The number of hydrogen-bond donors (Lipinski definition) is 2. The van der Waals surface area contributed by atoms with Crippen molar-refractivity contribution in [1.29, 1.82) is 0 Å². The van der Waals surface area contributed by atoms with E-state index >= 15 is 0 Å². The van der Waals surface area contributed by atoms with E-state index in [4.69, 9.17) is 5.73 Å². The van der Waals surface area contributed by atoms with Crippen molar-refractivity contribution in [2.45, 2.75) is 32.5 Å². The Hall–Kier alpha value is -2.83. The largest absolute Gasteiger partial charge is 0.416 e. The average molecular weight is 364 g/mol. The van der Waals surface area contributed by atoms with Crippen molar-refractivity contribution in [3.8, 4) is 0 Å². The molecule has 7 heteroatoms. The molecule has 2 amide bonds. The third kappa shape index (κ3) is 4.62. The molecule has 0 spiro atoms. The lowest BCUT2D eigenvalue weighted by molar-refractivity contribution is -0.137. The van der Waals surface area contributed by atoms with E-state index in [0.29, 0.717) is 0 Å². The smallest absolute Gasteiger partial charge is 0.368 e. The van der Waals surface area contributed by atoms with Gasteiger partial charge in [0.1, 0.15) is 6.04 Å². The highest BCUT2D eigenvalue weighted by Gasteiger charge is 2.31. The second-order valence-corrected chi connectivity index (χ2v) is 6.08. The predicted molar refractivity (Wildman–Crippen MR) is 91.5 cm³/mol. The van der Waals surface area contributed by atoms with Gasteiger partial charge in [-0.1, -0.05) is 24.3 Å². The molecule has 0 fully saturated rings. The van der Waals surface area contributed by atoms with Crippen molar-refractivity contribution in [2.75, 3.05) is 0 Å². The van der Waals surface area contributed by atoms with E-state index in [2.05, 4.69) is 5.32 Å². The van der Waals surface area contributed by atoms with Crippen LogP contribution in [-0.4, -0.2) is 17.9 Å². The van der Waals surface area contributed by atoms with Gasteiger partial charge in [-0.3, -0.25) is 9.59 Å². The molecule has 0 bridgehead atoms. The van der Waals surface area contributed by atoms with Crippen molar-refractivity contribution >= 4 is 11.8 Å². The second kappa shape index (κ2) is 7.59. The third-order valence-corrected chi connectivity index (χ3v) is 4.15. The van der Waals surface area contributed by atoms with Crippen LogP contribution in [0.25, 0.3) is 0 Å². The number of nitrogens with two attached hydrogens (primary N) is 1. The van der Waals surface area contributed by atoms with Crippen LogP contribution in [0, 0.1) is 13.8 Å². The lowest BCUT2D eigenvalue weighted by atomic mass is 9.96. The Bertz CT molecular complexity index is 812. The van der Waals surface area contributed by atoms with E-state index in [9.17, 15) is 22.8 Å². The number of benzene rings is 2. The number of rotatable bonds is 5. The fourth-order valence-electron chi connectivity index (χ4n) is 2.68. The van der Waals surface area contributed by atoms with Gasteiger partial charge in [-0.2, -0.15) is 13.2 Å². The van der Waals surface area contributed by atoms with Gasteiger partial charge in [0.15, 0.2) is 0 Å². The first kappa shape index (κ1) is 19.5. The lowest BCUT2D eigenvalue weighted by Gasteiger charge is -2.18. The average Bonchev–Trinajstić information content (AvgIpc) is 2.56. The predicted octanol–water partition coefficient (Wildman–Crippen LogP) is 3.15. The fourth-order valence-corrected chi connectivity index (χ4v) is 2.68. The molecular weight excluding hydrogens is 345 g/mol. The van der Waals surface area contributed by atoms with Crippen molar-refractivity contribution in [1.82, 2.24) is 5.32 Å². The van der Waals surface area contributed by atoms with Crippen LogP contribution in [0.15, 0.2) is 42.5 Å². The van der Waals surface area contributed by atoms with E-state index in [1.165, 1.54) is 6.07 Å². The molecule has 138 valence electrons. The number of nitrogens with one attached hydrogen (secondary N) is 1. The molecule has 0 aromatic heterocycles. The minimum Gasteiger partial charge on any atom is -0.368 e. The highest BCUT2D eigenvalue weighted by Crippen LogP contribution is 2.29. The number of amides is 2. The molecule has 26 heavy (non-hydrogen) atoms. The van der Waals surface area contributed by atoms with Gasteiger partial charge in [0.25, 0.3) is 5.91 Å². The third-order valence-electron chi connectivity index (χ3n) is 4.15. The summed E-state index contributed by atoms with van der Waals surface area (Å²) in [6.45, 7) is 3.74. The molecule has 0 unspecified atom stereocenters. The lowest BCUT2D eigenvalue weighted by Crippen LogP contribution is -2.46. The van der Waals surface area contributed by atoms with Gasteiger partial charge in [-0.15, -0.1) is 0 Å². The fraction of sp³-hybridized carbons (Fsp3) is 0.263. The molecule has 1 atom stereocenters. The van der Waals surface area contributed by atoms with Crippen LogP contribution in [0.5, 0.6) is 0 Å². The van der Waals surface area contributed by atoms with Crippen LogP contribution in [0.3, 0.4) is 0 Å². The summed E-state index contributed by atoms with van der Waals surface area (Å²) in [5.41, 5.74) is 6.99. The molecule has 0 heterocycles. The Labute approximate surface area is 149 Å². The summed E-state index contributed by atoms with van der Waals surface area (Å²) in [5.74, 6) is -1.54. The zero-order valence-corrected chi connectivity index (χ0v) is 14.4. The number of hydrogen-bond acceptors (Lipinski definition) is 2. The maximum Gasteiger partial charge on any atom is 0.416 e. The Kier molecular flexibility index (Phi) is 5.69. The summed E-state index contributed by atoms with van der Waals surface area (Å²) < 4.78 is 38.4. The zero-order valence-electron chi connectivity index (χ0n) is 14.4. The Morgan fingerprint density at radius 3 is 2.19 bits per heavy atom. The Morgan fingerprint density at radius 1 is 1.08 bits per heavy atom. The maximum absolute atomic E-state index is 12.8. The van der Waals surface area contributed by atoms with Crippen LogP contribution in [0.1, 0.15) is 32.6 Å². The van der Waals surface area contributed by atoms with E-state index in [0.717, 1.165) is 34.9 Å². The molecule has 0 aliphatic carbocycles. The highest BCUT2D eigenvalue weighted by molar-refractivity contribution is 5.97. The number of primary amides is 1. The molecule has 3 N–H and O–H groups in total. The molecule has 0 saturated carbocycles. The standard InChI is InChI=1S/C19H19F3N2O2/c1-11-5-3-6-12(2)15(11)10-16(17(23)25)24-18(26)13-7-4-8-14(9-13)19(20,21)22/h3-9,16H,10H2,1-2H3,(H2,23,25)(H,24,26)/t16-/m0/s1. The molecular formula is C19H19F3N2O2. The zero-order chi connectivity index (χ0) is 19.5. The number of alkyl halides is 3. The molecule has 0 aliphatic rings. The number of aryl methyl sites for hydroxylation is 2. The summed E-state index contributed by atoms with van der Waals surface area (Å²) in [4.78, 5) is 24.1. The molecule has 4 nitrogen and oxygen atoms in total. The van der Waals surface area contributed by atoms with Crippen LogP contribution in [0.4, 0.5) is 13.2 Å². The van der Waals surface area contributed by atoms with E-state index in [1.807, 2.05) is 32.0 Å². The number of carbonyl (C=O) groups is 2. The summed E-state index contributed by atoms with van der Waals surface area (Å²) in [6, 6.07) is 8.59. The first-order chi connectivity index (χ1) is 12.1. The number of carbonyl (C=O) groups excluding carboxylic acids is 2. The van der Waals surface area contributed by atoms with Gasteiger partial charge in [0, 0.05) is 12.0 Å². The first-order valence-electron chi connectivity index (χ1n) is 7.92. The second-order valence-electron chi connectivity index (χ2n) is 6.08. The quantitative estimate of drug-likeness (QED) is 0.856. The summed E-state index contributed by atoms with van der Waals surface area (Å²) in [5, 5.41) is 2.43. The molecule has 0 radical (unpaired) electrons. The van der Waals surface area contributed by atoms with E-state index in [-0.39, 0.29) is 12.0 Å². The van der Waals surface area contributed by atoms with Crippen molar-refractivity contribution < 1.29 is 22.8 Å². The van der Waals surface area contributed by atoms with Crippen molar-refractivity contribution in [3.63, 3.8) is 0 Å². The van der Waals surface area contributed by atoms with Gasteiger partial charge in [0.05, 0.1) is 5.56 Å². The maximum atomic E-state index is 12.8. The van der Waals surface area contributed by atoms with E-state index in [1.54, 1.807) is 0 Å². The SMILES string of the molecule is Cc1cccc(C)c1C[C@H](NC(=O)c1cccc(C(F)(F)F)c1)C(N)=O. The van der Waals surface area contributed by atoms with Gasteiger partial charge in [-0.05, 0) is 48.7 Å². The molecule has 2 aromatic rings. The molecule has 2 rings (SSSR count). The molecule has 0 saturated heterocycles. The minimum atomic E-state index is -4.56. The summed E-state index contributed by atoms with van der Waals surface area (Å²) in [7, 11) is 0. The number of halogens is 3. The summed E-state index contributed by atoms with van der Waals surface area (Å²) in [6.07, 6.45) is -4.39. The normalized spacial score (nSPS) is 12.5. The molecule has 2 aromatic carbocycles. The van der Waals surface area contributed by atoms with Gasteiger partial charge in [-0.25, -0.2) is 0 Å². The summed E-state index contributed by atoms with van der Waals surface area (Å²) >= 11 is 0. The molecule has 0 aliphatic heterocycles. The Balaban J connectivity index is 2.23. The van der Waals surface area contributed by atoms with Crippen LogP contribution >= 0.6 is 0 Å². The van der Waals surface area contributed by atoms with Crippen LogP contribution in [-0.2, 0) is 17.4 Å². The van der Waals surface area contributed by atoms with Crippen LogP contribution in [0.2, 0.25) is 0 Å². The van der Waals surface area contributed by atoms with Crippen LogP contribution < -0.4 is 11.1 Å². The first-order valence-corrected chi connectivity index (χ1v) is 7.92. The highest BCUT2D eigenvalue weighted by atomic mass is 19.4. The monoisotopic (exact) mass is 364 g/mol.